The van der Waals surface area contributed by atoms with Crippen molar-refractivity contribution in [2.75, 3.05) is 18.5 Å². The third kappa shape index (κ3) is 2.65. The molecule has 0 aromatic carbocycles. The van der Waals surface area contributed by atoms with Crippen LogP contribution in [0.5, 0.6) is 0 Å². The largest absolute Gasteiger partial charge is 0.375 e. The maximum atomic E-state index is 12.4. The Balaban J connectivity index is 2.13. The number of aromatic nitrogens is 2. The Kier molecular flexibility index (Phi) is 4.32. The first-order valence-corrected chi connectivity index (χ1v) is 7.19. The standard InChI is InChI=1S/C14H24N4O2/c1-6-18-11(4)13(9(2)16-18)15-14(19)17-7-8-20-12(5)10(17)3/h10,12H,6-8H2,1-5H3,(H,15,19)/t10-,12-/m1/s1. The molecular formula is C14H24N4O2. The molecule has 1 saturated heterocycles. The van der Waals surface area contributed by atoms with Crippen LogP contribution in [0.3, 0.4) is 0 Å². The molecule has 1 aromatic rings. The van der Waals surface area contributed by atoms with Crippen molar-refractivity contribution in [3.8, 4) is 0 Å². The molecule has 1 aliphatic rings. The molecule has 6 nitrogen and oxygen atoms in total. The number of urea groups is 1. The number of nitrogens with zero attached hydrogens (tertiary/aromatic N) is 3. The number of nitrogens with one attached hydrogen (secondary N) is 1. The van der Waals surface area contributed by atoms with E-state index in [2.05, 4.69) is 10.4 Å². The molecule has 2 rings (SSSR count). The molecule has 1 aliphatic heterocycles. The highest BCUT2D eigenvalue weighted by molar-refractivity contribution is 5.90. The minimum atomic E-state index is -0.0745. The highest BCUT2D eigenvalue weighted by atomic mass is 16.5. The van der Waals surface area contributed by atoms with Crippen molar-refractivity contribution in [2.45, 2.75) is 53.3 Å². The summed E-state index contributed by atoms with van der Waals surface area (Å²) in [5, 5.41) is 7.42. The highest BCUT2D eigenvalue weighted by Crippen LogP contribution is 2.21. The summed E-state index contributed by atoms with van der Waals surface area (Å²) >= 11 is 0. The molecule has 2 atom stereocenters. The maximum Gasteiger partial charge on any atom is 0.322 e. The zero-order valence-corrected chi connectivity index (χ0v) is 12.9. The van der Waals surface area contributed by atoms with Gasteiger partial charge in [0.2, 0.25) is 0 Å². The average Bonchev–Trinajstić information content (AvgIpc) is 2.69. The lowest BCUT2D eigenvalue weighted by Crippen LogP contribution is -2.52. The molecule has 112 valence electrons. The van der Waals surface area contributed by atoms with Crippen molar-refractivity contribution in [1.29, 1.82) is 0 Å². The van der Waals surface area contributed by atoms with E-state index in [1.54, 1.807) is 0 Å². The lowest BCUT2D eigenvalue weighted by atomic mass is 10.1. The van der Waals surface area contributed by atoms with Gasteiger partial charge in [-0.3, -0.25) is 4.68 Å². The van der Waals surface area contributed by atoms with Gasteiger partial charge in [0.05, 0.1) is 35.8 Å². The molecule has 2 heterocycles. The fourth-order valence-electron chi connectivity index (χ4n) is 2.58. The van der Waals surface area contributed by atoms with E-state index in [4.69, 9.17) is 4.74 Å². The van der Waals surface area contributed by atoms with Crippen LogP contribution in [0, 0.1) is 13.8 Å². The van der Waals surface area contributed by atoms with Gasteiger partial charge in [-0.25, -0.2) is 4.79 Å². The molecule has 0 unspecified atom stereocenters. The van der Waals surface area contributed by atoms with Gasteiger partial charge in [0.15, 0.2) is 0 Å². The van der Waals surface area contributed by atoms with Gasteiger partial charge >= 0.3 is 6.03 Å². The SMILES string of the molecule is CCn1nc(C)c(NC(=O)N2CCO[C@H](C)[C@H]2C)c1C. The first kappa shape index (κ1) is 14.8. The molecule has 0 aliphatic carbocycles. The number of rotatable bonds is 2. The second-order valence-electron chi connectivity index (χ2n) is 5.30. The average molecular weight is 280 g/mol. The monoisotopic (exact) mass is 280 g/mol. The van der Waals surface area contributed by atoms with Crippen LogP contribution in [0.2, 0.25) is 0 Å². The van der Waals surface area contributed by atoms with Crippen molar-refractivity contribution in [1.82, 2.24) is 14.7 Å². The zero-order valence-electron chi connectivity index (χ0n) is 12.9. The maximum absolute atomic E-state index is 12.4. The van der Waals surface area contributed by atoms with Gasteiger partial charge < -0.3 is 15.0 Å². The predicted octanol–water partition coefficient (Wildman–Crippen LogP) is 2.16. The van der Waals surface area contributed by atoms with Crippen molar-refractivity contribution >= 4 is 11.7 Å². The number of hydrogen-bond acceptors (Lipinski definition) is 3. The number of amides is 2. The Morgan fingerprint density at radius 2 is 2.15 bits per heavy atom. The van der Waals surface area contributed by atoms with Crippen LogP contribution in [0.4, 0.5) is 10.5 Å². The first-order valence-electron chi connectivity index (χ1n) is 7.19. The third-order valence-electron chi connectivity index (χ3n) is 4.06. The summed E-state index contributed by atoms with van der Waals surface area (Å²) in [5.74, 6) is 0. The minimum absolute atomic E-state index is 0.0649. The van der Waals surface area contributed by atoms with Crippen LogP contribution in [-0.2, 0) is 11.3 Å². The third-order valence-corrected chi connectivity index (χ3v) is 4.06. The van der Waals surface area contributed by atoms with E-state index < -0.39 is 0 Å². The van der Waals surface area contributed by atoms with E-state index in [1.807, 2.05) is 44.2 Å². The number of ether oxygens (including phenoxy) is 1. The van der Waals surface area contributed by atoms with Crippen LogP contribution >= 0.6 is 0 Å². The summed E-state index contributed by atoms with van der Waals surface area (Å²) in [6, 6.07) is 0.0000790. The summed E-state index contributed by atoms with van der Waals surface area (Å²) in [7, 11) is 0. The topological polar surface area (TPSA) is 59.4 Å². The molecule has 1 fully saturated rings. The van der Waals surface area contributed by atoms with E-state index in [0.717, 1.165) is 23.6 Å². The Morgan fingerprint density at radius 3 is 2.75 bits per heavy atom. The lowest BCUT2D eigenvalue weighted by molar-refractivity contribution is -0.0355. The summed E-state index contributed by atoms with van der Waals surface area (Å²) in [5.41, 5.74) is 2.67. The number of anilines is 1. The van der Waals surface area contributed by atoms with Gasteiger partial charge in [0.1, 0.15) is 0 Å². The molecule has 0 saturated carbocycles. The molecule has 6 heteroatoms. The van der Waals surface area contributed by atoms with Crippen LogP contribution in [0.15, 0.2) is 0 Å². The van der Waals surface area contributed by atoms with E-state index >= 15 is 0 Å². The molecule has 1 aromatic heterocycles. The Labute approximate surface area is 120 Å². The smallest absolute Gasteiger partial charge is 0.322 e. The number of carbonyl (C=O) groups excluding carboxylic acids is 1. The number of carbonyl (C=O) groups is 1. The van der Waals surface area contributed by atoms with Crippen molar-refractivity contribution in [3.05, 3.63) is 11.4 Å². The van der Waals surface area contributed by atoms with Gasteiger partial charge in [-0.1, -0.05) is 0 Å². The number of hydrogen-bond donors (Lipinski definition) is 1. The summed E-state index contributed by atoms with van der Waals surface area (Å²) in [6.45, 7) is 12.0. The quantitative estimate of drug-likeness (QED) is 0.903. The van der Waals surface area contributed by atoms with Gasteiger partial charge in [0, 0.05) is 13.1 Å². The van der Waals surface area contributed by atoms with Crippen molar-refractivity contribution in [2.24, 2.45) is 0 Å². The van der Waals surface area contributed by atoms with Crippen LogP contribution in [-0.4, -0.2) is 46.0 Å². The van der Waals surface area contributed by atoms with Gasteiger partial charge in [0.25, 0.3) is 0 Å². The van der Waals surface area contributed by atoms with Crippen LogP contribution < -0.4 is 5.32 Å². The first-order chi connectivity index (χ1) is 9.45. The van der Waals surface area contributed by atoms with Crippen molar-refractivity contribution < 1.29 is 9.53 Å². The Morgan fingerprint density at radius 1 is 1.45 bits per heavy atom. The van der Waals surface area contributed by atoms with Gasteiger partial charge in [-0.15, -0.1) is 0 Å². The normalized spacial score (nSPS) is 22.9. The van der Waals surface area contributed by atoms with E-state index in [-0.39, 0.29) is 18.2 Å². The van der Waals surface area contributed by atoms with Crippen LogP contribution in [0.25, 0.3) is 0 Å². The van der Waals surface area contributed by atoms with E-state index in [1.165, 1.54) is 0 Å². The molecule has 0 radical (unpaired) electrons. The Hall–Kier alpha value is -1.56. The second kappa shape index (κ2) is 5.83. The van der Waals surface area contributed by atoms with Crippen molar-refractivity contribution in [3.63, 3.8) is 0 Å². The molecule has 1 N–H and O–H groups in total. The molecule has 20 heavy (non-hydrogen) atoms. The molecule has 0 spiro atoms. The summed E-state index contributed by atoms with van der Waals surface area (Å²) < 4.78 is 7.45. The molecular weight excluding hydrogens is 256 g/mol. The molecule has 2 amide bonds. The number of aryl methyl sites for hydroxylation is 2. The van der Waals surface area contributed by atoms with Gasteiger partial charge in [-0.2, -0.15) is 5.10 Å². The lowest BCUT2D eigenvalue weighted by Gasteiger charge is -2.37. The van der Waals surface area contributed by atoms with E-state index in [9.17, 15) is 4.79 Å². The van der Waals surface area contributed by atoms with E-state index in [0.29, 0.717) is 13.2 Å². The summed E-state index contributed by atoms with van der Waals surface area (Å²) in [6.07, 6.45) is 0.0649. The summed E-state index contributed by atoms with van der Waals surface area (Å²) in [4.78, 5) is 14.3. The van der Waals surface area contributed by atoms with Crippen LogP contribution in [0.1, 0.15) is 32.2 Å². The highest BCUT2D eigenvalue weighted by Gasteiger charge is 2.29. The number of morpholine rings is 1. The minimum Gasteiger partial charge on any atom is -0.375 e. The fourth-order valence-corrected chi connectivity index (χ4v) is 2.58. The molecule has 0 bridgehead atoms. The predicted molar refractivity (Wildman–Crippen MR) is 78.0 cm³/mol. The Bertz CT molecular complexity index is 498. The second-order valence-corrected chi connectivity index (χ2v) is 5.30. The zero-order chi connectivity index (χ0) is 14.9. The van der Waals surface area contributed by atoms with Gasteiger partial charge in [-0.05, 0) is 34.6 Å². The fraction of sp³-hybridized carbons (Fsp3) is 0.714.